The Labute approximate surface area is 74.8 Å². The molecule has 0 rings (SSSR count). The van der Waals surface area contributed by atoms with Gasteiger partial charge in [0.05, 0.1) is 6.26 Å². The van der Waals surface area contributed by atoms with Crippen LogP contribution in [0, 0.1) is 0 Å². The molecule has 0 saturated carbocycles. The molecule has 0 bridgehead atoms. The summed E-state index contributed by atoms with van der Waals surface area (Å²) in [5, 5.41) is 7.31. The van der Waals surface area contributed by atoms with E-state index in [1.807, 2.05) is 0 Å². The van der Waals surface area contributed by atoms with Crippen LogP contribution < -0.4 is 0 Å². The van der Waals surface area contributed by atoms with Crippen molar-refractivity contribution < 1.29 is 29.0 Å². The number of hydrogen-bond acceptors (Lipinski definition) is 4. The fraction of sp³-hybridized carbons (Fsp3) is 1.00. The van der Waals surface area contributed by atoms with Crippen LogP contribution in [0.4, 0.5) is 0 Å². The number of rotatable bonds is 1. The van der Waals surface area contributed by atoms with Gasteiger partial charge in [-0.1, -0.05) is 0 Å². The van der Waals surface area contributed by atoms with Gasteiger partial charge < -0.3 is 11.0 Å². The van der Waals surface area contributed by atoms with Crippen molar-refractivity contribution in [2.75, 3.05) is 6.26 Å². The maximum absolute atomic E-state index is 9.53. The summed E-state index contributed by atoms with van der Waals surface area (Å²) < 4.78 is 22.0. The zero-order valence-electron chi connectivity index (χ0n) is 5.08. The van der Waals surface area contributed by atoms with Crippen LogP contribution in [0.2, 0.25) is 0 Å². The van der Waals surface area contributed by atoms with Gasteiger partial charge in [0, 0.05) is 29.6 Å². The molecule has 0 aromatic rings. The molecule has 0 amide bonds. The molecule has 0 fully saturated rings. The van der Waals surface area contributed by atoms with E-state index < -0.39 is 10.1 Å². The van der Waals surface area contributed by atoms with Crippen molar-refractivity contribution in [3.05, 3.63) is 0 Å². The van der Waals surface area contributed by atoms with Crippen LogP contribution in [0.1, 0.15) is 0 Å². The van der Waals surface area contributed by atoms with Gasteiger partial charge in [0.1, 0.15) is 0 Å². The SMILES string of the molecule is CS(=O)(=O)OO.O.O.[Na]. The molecule has 0 heterocycles. The predicted molar refractivity (Wildman–Crippen MR) is 31.5 cm³/mol. The van der Waals surface area contributed by atoms with Gasteiger partial charge in [0.15, 0.2) is 0 Å². The molecule has 0 spiro atoms. The van der Waals surface area contributed by atoms with Gasteiger partial charge in [-0.3, -0.25) is 0 Å². The van der Waals surface area contributed by atoms with Crippen molar-refractivity contribution in [2.45, 2.75) is 0 Å². The smallest absolute Gasteiger partial charge is 0.290 e. The van der Waals surface area contributed by atoms with Crippen LogP contribution >= 0.6 is 0 Å². The van der Waals surface area contributed by atoms with Crippen molar-refractivity contribution in [3.8, 4) is 0 Å². The van der Waals surface area contributed by atoms with Crippen LogP contribution in [-0.2, 0) is 14.5 Å². The zero-order valence-corrected chi connectivity index (χ0v) is 7.90. The first kappa shape index (κ1) is 22.6. The minimum atomic E-state index is -3.61. The van der Waals surface area contributed by atoms with Crippen molar-refractivity contribution >= 4 is 39.7 Å². The molecule has 0 aromatic carbocycles. The summed E-state index contributed by atoms with van der Waals surface area (Å²) in [5.74, 6) is 0. The van der Waals surface area contributed by atoms with Crippen molar-refractivity contribution in [3.63, 3.8) is 0 Å². The van der Waals surface area contributed by atoms with Crippen molar-refractivity contribution in [1.82, 2.24) is 0 Å². The summed E-state index contributed by atoms with van der Waals surface area (Å²) in [7, 11) is -3.61. The van der Waals surface area contributed by atoms with Crippen LogP contribution in [0.3, 0.4) is 0 Å². The summed E-state index contributed by atoms with van der Waals surface area (Å²) in [6.45, 7) is 0. The predicted octanol–water partition coefficient (Wildman–Crippen LogP) is -2.59. The largest absolute Gasteiger partial charge is 0.412 e. The molecule has 0 aliphatic carbocycles. The summed E-state index contributed by atoms with van der Waals surface area (Å²) in [6.07, 6.45) is 0.743. The van der Waals surface area contributed by atoms with E-state index in [0.29, 0.717) is 0 Å². The summed E-state index contributed by atoms with van der Waals surface area (Å²) in [4.78, 5) is 0. The average Bonchev–Trinajstić information content (AvgIpc) is 1.35. The molecule has 9 heavy (non-hydrogen) atoms. The fourth-order valence-corrected chi connectivity index (χ4v) is 0. The van der Waals surface area contributed by atoms with Gasteiger partial charge in [0.25, 0.3) is 10.1 Å². The summed E-state index contributed by atoms with van der Waals surface area (Å²) >= 11 is 0. The molecule has 6 nitrogen and oxygen atoms in total. The third-order valence-electron chi connectivity index (χ3n) is 0.135. The van der Waals surface area contributed by atoms with Gasteiger partial charge >= 0.3 is 0 Å². The Bertz CT molecular complexity index is 115. The topological polar surface area (TPSA) is 127 Å². The molecule has 1 radical (unpaired) electrons. The normalized spacial score (nSPS) is 7.78. The third kappa shape index (κ3) is 28.2. The van der Waals surface area contributed by atoms with Gasteiger partial charge in [0.2, 0.25) is 0 Å². The molecule has 0 aliphatic rings. The molecule has 55 valence electrons. The monoisotopic (exact) mass is 171 g/mol. The molecule has 0 saturated heterocycles. The molecule has 0 unspecified atom stereocenters. The number of hydrogen-bond donors (Lipinski definition) is 1. The van der Waals surface area contributed by atoms with E-state index >= 15 is 0 Å². The van der Waals surface area contributed by atoms with Crippen LogP contribution in [-0.4, -0.2) is 60.4 Å². The van der Waals surface area contributed by atoms with Gasteiger partial charge in [-0.25, -0.2) is 5.26 Å². The van der Waals surface area contributed by atoms with E-state index in [2.05, 4.69) is 4.33 Å². The van der Waals surface area contributed by atoms with Gasteiger partial charge in [-0.05, 0) is 0 Å². The molecule has 0 aliphatic heterocycles. The summed E-state index contributed by atoms with van der Waals surface area (Å²) in [6, 6.07) is 0. The first-order valence-electron chi connectivity index (χ1n) is 1.09. The maximum Gasteiger partial charge on any atom is 0.290 e. The standard InChI is InChI=1S/CH4O4S.Na.2H2O/c1-6(3,4)5-2;;;/h2H,1H3;;2*1H2. The maximum atomic E-state index is 9.53. The van der Waals surface area contributed by atoms with E-state index in [1.54, 1.807) is 0 Å². The fourth-order valence-electron chi connectivity index (χ4n) is 0. The van der Waals surface area contributed by atoms with E-state index in [1.165, 1.54) is 0 Å². The van der Waals surface area contributed by atoms with Crippen molar-refractivity contribution in [2.24, 2.45) is 0 Å². The van der Waals surface area contributed by atoms with Crippen LogP contribution in [0.15, 0.2) is 0 Å². The molecule has 5 N–H and O–H groups in total. The Balaban J connectivity index is -0.0000000417. The van der Waals surface area contributed by atoms with E-state index in [0.717, 1.165) is 6.26 Å². The Hall–Kier alpha value is 0.790. The summed E-state index contributed by atoms with van der Waals surface area (Å²) in [5.41, 5.74) is 0. The second-order valence-electron chi connectivity index (χ2n) is 0.779. The first-order valence-corrected chi connectivity index (χ1v) is 2.91. The Morgan fingerprint density at radius 2 is 1.44 bits per heavy atom. The molecule has 0 aromatic heterocycles. The second kappa shape index (κ2) is 8.79. The van der Waals surface area contributed by atoms with E-state index in [9.17, 15) is 8.42 Å². The van der Waals surface area contributed by atoms with Gasteiger partial charge in [-0.2, -0.15) is 8.42 Å². The first-order chi connectivity index (χ1) is 2.56. The van der Waals surface area contributed by atoms with E-state index in [-0.39, 0.29) is 40.5 Å². The molecule has 0 atom stereocenters. The van der Waals surface area contributed by atoms with Crippen LogP contribution in [0.5, 0.6) is 0 Å². The Morgan fingerprint density at radius 1 is 1.33 bits per heavy atom. The second-order valence-corrected chi connectivity index (χ2v) is 2.34. The minimum absolute atomic E-state index is 0. The zero-order chi connectivity index (χ0) is 5.21. The molecular weight excluding hydrogens is 163 g/mol. The Morgan fingerprint density at radius 3 is 1.44 bits per heavy atom. The van der Waals surface area contributed by atoms with Crippen molar-refractivity contribution in [1.29, 1.82) is 0 Å². The molecular formula is CH8NaO6S. The third-order valence-corrected chi connectivity index (χ3v) is 0.406. The van der Waals surface area contributed by atoms with Gasteiger partial charge in [-0.15, -0.1) is 4.33 Å². The van der Waals surface area contributed by atoms with E-state index in [4.69, 9.17) is 5.26 Å². The Kier molecular flexibility index (Phi) is 22.0. The van der Waals surface area contributed by atoms with Crippen LogP contribution in [0.25, 0.3) is 0 Å². The molecule has 8 heteroatoms. The minimum Gasteiger partial charge on any atom is -0.412 e. The average molecular weight is 171 g/mol. The quantitative estimate of drug-likeness (QED) is 0.263.